The third kappa shape index (κ3) is 3.12. The lowest BCUT2D eigenvalue weighted by Crippen LogP contribution is -2.48. The van der Waals surface area contributed by atoms with Crippen molar-refractivity contribution in [3.8, 4) is 0 Å². The molecule has 0 saturated carbocycles. The third-order valence-corrected chi connectivity index (χ3v) is 3.91. The van der Waals surface area contributed by atoms with Crippen molar-refractivity contribution in [1.82, 2.24) is 10.3 Å². The third-order valence-electron chi connectivity index (χ3n) is 2.80. The summed E-state index contributed by atoms with van der Waals surface area (Å²) in [5, 5.41) is 4.33. The van der Waals surface area contributed by atoms with E-state index in [0.29, 0.717) is 19.1 Å². The summed E-state index contributed by atoms with van der Waals surface area (Å²) in [6.45, 7) is 7.23. The Kier molecular flexibility index (Phi) is 3.91. The molecule has 1 aromatic rings. The van der Waals surface area contributed by atoms with Crippen LogP contribution in [-0.2, 0) is 4.74 Å². The molecule has 1 saturated heterocycles. The van der Waals surface area contributed by atoms with Gasteiger partial charge in [-0.25, -0.2) is 4.98 Å². The van der Waals surface area contributed by atoms with Gasteiger partial charge < -0.3 is 10.1 Å². The van der Waals surface area contributed by atoms with Crippen LogP contribution in [0.15, 0.2) is 0 Å². The van der Waals surface area contributed by atoms with Crippen molar-refractivity contribution in [1.29, 1.82) is 0 Å². The number of rotatable bonds is 3. The van der Waals surface area contributed by atoms with E-state index in [-0.39, 0.29) is 11.8 Å². The van der Waals surface area contributed by atoms with E-state index in [1.54, 1.807) is 0 Å². The van der Waals surface area contributed by atoms with Crippen LogP contribution in [0.5, 0.6) is 0 Å². The van der Waals surface area contributed by atoms with Gasteiger partial charge >= 0.3 is 0 Å². The maximum atomic E-state index is 12.1. The van der Waals surface area contributed by atoms with Crippen LogP contribution in [-0.4, -0.2) is 36.1 Å². The molecule has 0 spiro atoms. The number of ether oxygens (including phenoxy) is 1. The average molecular weight is 254 g/mol. The maximum absolute atomic E-state index is 12.1. The predicted octanol–water partition coefficient (Wildman–Crippen LogP) is 1.71. The number of morpholine rings is 1. The van der Waals surface area contributed by atoms with Crippen LogP contribution in [0.25, 0.3) is 0 Å². The highest BCUT2D eigenvalue weighted by Gasteiger charge is 2.23. The normalized spacial score (nSPS) is 24.9. The number of Topliss-reactive ketones (excluding diaryl/α,β-unsaturated/α-hetero) is 1. The van der Waals surface area contributed by atoms with E-state index in [2.05, 4.69) is 17.2 Å². The van der Waals surface area contributed by atoms with Crippen LogP contribution in [0.4, 0.5) is 0 Å². The summed E-state index contributed by atoms with van der Waals surface area (Å²) < 4.78 is 5.44. The number of aromatic nitrogens is 1. The predicted molar refractivity (Wildman–Crippen MR) is 67.7 cm³/mol. The molecule has 1 N–H and O–H groups in total. The van der Waals surface area contributed by atoms with Crippen molar-refractivity contribution in [2.45, 2.75) is 39.3 Å². The van der Waals surface area contributed by atoms with E-state index in [1.807, 2.05) is 13.8 Å². The number of carbonyl (C=O) groups excluding carboxylic acids is 1. The first kappa shape index (κ1) is 12.7. The topological polar surface area (TPSA) is 51.2 Å². The van der Waals surface area contributed by atoms with Gasteiger partial charge in [-0.15, -0.1) is 11.3 Å². The molecule has 2 heterocycles. The lowest BCUT2D eigenvalue weighted by molar-refractivity contribution is 0.0464. The number of carbonyl (C=O) groups is 1. The molecule has 17 heavy (non-hydrogen) atoms. The van der Waals surface area contributed by atoms with E-state index in [0.717, 1.165) is 22.2 Å². The number of ketones is 1. The first-order valence-corrected chi connectivity index (χ1v) is 6.69. The molecule has 0 aliphatic carbocycles. The standard InChI is InChI=1S/C12H18N2O2S/c1-7-5-16-6-10(13-7)4-11(15)12-8(2)14-9(3)17-12/h7,10,13H,4-6H2,1-3H3. The molecule has 4 nitrogen and oxygen atoms in total. The fourth-order valence-corrected chi connectivity index (χ4v) is 2.98. The molecule has 2 atom stereocenters. The quantitative estimate of drug-likeness (QED) is 0.834. The molecule has 1 aliphatic rings. The maximum Gasteiger partial charge on any atom is 0.176 e. The molecule has 1 aromatic heterocycles. The Morgan fingerprint density at radius 3 is 2.88 bits per heavy atom. The highest BCUT2D eigenvalue weighted by molar-refractivity contribution is 7.13. The minimum Gasteiger partial charge on any atom is -0.378 e. The zero-order valence-electron chi connectivity index (χ0n) is 10.4. The summed E-state index contributed by atoms with van der Waals surface area (Å²) in [5.41, 5.74) is 0.849. The van der Waals surface area contributed by atoms with Gasteiger partial charge in [-0.3, -0.25) is 4.79 Å². The average Bonchev–Trinajstić information content (AvgIpc) is 2.58. The van der Waals surface area contributed by atoms with Gasteiger partial charge in [-0.2, -0.15) is 0 Å². The number of nitrogens with one attached hydrogen (secondary N) is 1. The summed E-state index contributed by atoms with van der Waals surface area (Å²) in [6, 6.07) is 0.457. The second-order valence-corrected chi connectivity index (χ2v) is 5.78. The van der Waals surface area contributed by atoms with Gasteiger partial charge in [0.1, 0.15) is 0 Å². The fraction of sp³-hybridized carbons (Fsp3) is 0.667. The van der Waals surface area contributed by atoms with Crippen molar-refractivity contribution in [2.24, 2.45) is 0 Å². The monoisotopic (exact) mass is 254 g/mol. The largest absolute Gasteiger partial charge is 0.378 e. The molecule has 1 aliphatic heterocycles. The number of thiazole rings is 1. The minimum atomic E-state index is 0.132. The van der Waals surface area contributed by atoms with Gasteiger partial charge in [-0.1, -0.05) is 0 Å². The lowest BCUT2D eigenvalue weighted by atomic mass is 10.1. The van der Waals surface area contributed by atoms with Crippen LogP contribution in [0.2, 0.25) is 0 Å². The number of nitrogens with zero attached hydrogens (tertiary/aromatic N) is 1. The summed E-state index contributed by atoms with van der Waals surface area (Å²) in [4.78, 5) is 17.2. The van der Waals surface area contributed by atoms with Gasteiger partial charge in [0.25, 0.3) is 0 Å². The highest BCUT2D eigenvalue weighted by Crippen LogP contribution is 2.20. The second kappa shape index (κ2) is 5.25. The lowest BCUT2D eigenvalue weighted by Gasteiger charge is -2.28. The molecular formula is C12H18N2O2S. The van der Waals surface area contributed by atoms with Crippen LogP contribution >= 0.6 is 11.3 Å². The SMILES string of the molecule is Cc1nc(C)c(C(=O)CC2COCC(C)N2)s1. The van der Waals surface area contributed by atoms with Crippen LogP contribution in [0, 0.1) is 13.8 Å². The molecule has 2 unspecified atom stereocenters. The Morgan fingerprint density at radius 1 is 1.53 bits per heavy atom. The molecule has 0 aromatic carbocycles. The first-order valence-electron chi connectivity index (χ1n) is 5.87. The van der Waals surface area contributed by atoms with E-state index < -0.39 is 0 Å². The van der Waals surface area contributed by atoms with Crippen molar-refractivity contribution < 1.29 is 9.53 Å². The zero-order chi connectivity index (χ0) is 12.4. The Bertz CT molecular complexity index is 417. The molecule has 0 bridgehead atoms. The van der Waals surface area contributed by atoms with Crippen molar-refractivity contribution >= 4 is 17.1 Å². The second-order valence-electron chi connectivity index (χ2n) is 4.58. The number of hydrogen-bond acceptors (Lipinski definition) is 5. The van der Waals surface area contributed by atoms with Crippen molar-refractivity contribution in [3.63, 3.8) is 0 Å². The number of hydrogen-bond donors (Lipinski definition) is 1. The molecular weight excluding hydrogens is 236 g/mol. The van der Waals surface area contributed by atoms with Gasteiger partial charge in [-0.05, 0) is 20.8 Å². The van der Waals surface area contributed by atoms with Gasteiger partial charge in [0, 0.05) is 18.5 Å². The Morgan fingerprint density at radius 2 is 2.29 bits per heavy atom. The summed E-state index contributed by atoms with van der Waals surface area (Å²) in [6.07, 6.45) is 0.493. The van der Waals surface area contributed by atoms with Crippen molar-refractivity contribution in [3.05, 3.63) is 15.6 Å². The van der Waals surface area contributed by atoms with Crippen LogP contribution in [0.1, 0.15) is 33.7 Å². The van der Waals surface area contributed by atoms with Crippen LogP contribution in [0.3, 0.4) is 0 Å². The molecule has 1 fully saturated rings. The smallest absolute Gasteiger partial charge is 0.176 e. The summed E-state index contributed by atoms with van der Waals surface area (Å²) >= 11 is 1.48. The van der Waals surface area contributed by atoms with E-state index in [9.17, 15) is 4.79 Å². The molecule has 0 radical (unpaired) electrons. The van der Waals surface area contributed by atoms with E-state index >= 15 is 0 Å². The van der Waals surface area contributed by atoms with Crippen LogP contribution < -0.4 is 5.32 Å². The minimum absolute atomic E-state index is 0.132. The zero-order valence-corrected chi connectivity index (χ0v) is 11.3. The van der Waals surface area contributed by atoms with Crippen molar-refractivity contribution in [2.75, 3.05) is 13.2 Å². The highest BCUT2D eigenvalue weighted by atomic mass is 32.1. The van der Waals surface area contributed by atoms with Gasteiger partial charge in [0.15, 0.2) is 5.78 Å². The molecule has 94 valence electrons. The first-order chi connectivity index (χ1) is 8.06. The molecule has 0 amide bonds. The Balaban J connectivity index is 1.99. The fourth-order valence-electron chi connectivity index (χ4n) is 2.11. The Labute approximate surface area is 105 Å². The molecule has 2 rings (SSSR count). The summed E-state index contributed by atoms with van der Waals surface area (Å²) in [5.74, 6) is 0.170. The van der Waals surface area contributed by atoms with Gasteiger partial charge in [0.2, 0.25) is 0 Å². The number of aryl methyl sites for hydroxylation is 2. The summed E-state index contributed by atoms with van der Waals surface area (Å²) in [7, 11) is 0. The van der Waals surface area contributed by atoms with E-state index in [4.69, 9.17) is 4.74 Å². The van der Waals surface area contributed by atoms with Gasteiger partial charge in [0.05, 0.1) is 28.8 Å². The Hall–Kier alpha value is -0.780. The van der Waals surface area contributed by atoms with E-state index in [1.165, 1.54) is 11.3 Å². The molecule has 5 heteroatoms.